The van der Waals surface area contributed by atoms with Gasteiger partial charge in [0.15, 0.2) is 0 Å². The zero-order chi connectivity index (χ0) is 29.2. The van der Waals surface area contributed by atoms with Crippen LogP contribution >= 0.6 is 11.3 Å². The number of fused-ring (bicyclic) bond motifs is 4. The number of thiophene rings is 1. The Labute approximate surface area is 246 Å². The SMILES string of the molecule is [2H]c1nc(-c2cc([Si](CC)(CC)CC)c3ccccc3c2)c2sc3cc(C4CC(C)(C)CC(C)(C)C4)ccc3c2n1. The smallest absolute Gasteiger partial charge is 0.116 e. The van der Waals surface area contributed by atoms with Crippen LogP contribution in [0.4, 0.5) is 0 Å². The summed E-state index contributed by atoms with van der Waals surface area (Å²) in [7, 11) is -1.67. The zero-order valence-corrected chi connectivity index (χ0v) is 27.1. The Kier molecular flexibility index (Phi) is 6.63. The van der Waals surface area contributed by atoms with Crippen molar-refractivity contribution in [1.29, 1.82) is 0 Å². The minimum Gasteiger partial charge on any atom is -0.235 e. The van der Waals surface area contributed by atoms with E-state index >= 15 is 0 Å². The molecule has 0 spiro atoms. The first-order chi connectivity index (χ1) is 19.5. The van der Waals surface area contributed by atoms with Gasteiger partial charge in [0.05, 0.1) is 24.0 Å². The molecular weight excluding hydrogens is 521 g/mol. The topological polar surface area (TPSA) is 25.8 Å². The van der Waals surface area contributed by atoms with Crippen LogP contribution in [0.1, 0.15) is 80.6 Å². The van der Waals surface area contributed by atoms with Gasteiger partial charge in [0, 0.05) is 15.6 Å². The van der Waals surface area contributed by atoms with Crippen molar-refractivity contribution < 1.29 is 1.37 Å². The average molecular weight is 566 g/mol. The van der Waals surface area contributed by atoms with Gasteiger partial charge >= 0.3 is 0 Å². The lowest BCUT2D eigenvalue weighted by molar-refractivity contribution is 0.0969. The van der Waals surface area contributed by atoms with Crippen LogP contribution in [0.5, 0.6) is 0 Å². The van der Waals surface area contributed by atoms with Crippen LogP contribution in [0.25, 0.3) is 42.3 Å². The molecule has 0 bridgehead atoms. The predicted molar refractivity (Wildman–Crippen MR) is 179 cm³/mol. The molecule has 0 saturated heterocycles. The van der Waals surface area contributed by atoms with E-state index in [0.29, 0.717) is 16.7 Å². The molecule has 6 rings (SSSR count). The molecule has 0 atom stereocenters. The second-order valence-electron chi connectivity index (χ2n) is 13.9. The zero-order valence-electron chi connectivity index (χ0n) is 26.3. The summed E-state index contributed by atoms with van der Waals surface area (Å²) in [6.07, 6.45) is 3.84. The number of benzene rings is 3. The van der Waals surface area contributed by atoms with Crippen molar-refractivity contribution in [2.24, 2.45) is 10.8 Å². The van der Waals surface area contributed by atoms with Crippen LogP contribution in [-0.4, -0.2) is 18.0 Å². The minimum atomic E-state index is -1.67. The summed E-state index contributed by atoms with van der Waals surface area (Å²) in [5, 5.41) is 5.36. The second-order valence-corrected chi connectivity index (χ2v) is 20.2. The molecule has 0 unspecified atom stereocenters. The van der Waals surface area contributed by atoms with Gasteiger partial charge in [-0.1, -0.05) is 114 Å². The molecule has 0 N–H and O–H groups in total. The van der Waals surface area contributed by atoms with Crippen molar-refractivity contribution >= 4 is 55.7 Å². The number of rotatable bonds is 6. The van der Waals surface area contributed by atoms with E-state index in [9.17, 15) is 0 Å². The Hall–Kier alpha value is -2.56. The van der Waals surface area contributed by atoms with Crippen LogP contribution in [0, 0.1) is 10.8 Å². The van der Waals surface area contributed by atoms with Crippen LogP contribution in [0.3, 0.4) is 0 Å². The molecule has 4 heteroatoms. The van der Waals surface area contributed by atoms with Crippen molar-refractivity contribution in [3.63, 3.8) is 0 Å². The van der Waals surface area contributed by atoms with Gasteiger partial charge in [-0.25, -0.2) is 9.97 Å². The molecule has 1 aliphatic rings. The first kappa shape index (κ1) is 26.3. The molecule has 0 radical (unpaired) electrons. The summed E-state index contributed by atoms with van der Waals surface area (Å²) in [6.45, 7) is 16.9. The Morgan fingerprint density at radius 3 is 2.27 bits per heavy atom. The minimum absolute atomic E-state index is 0.103. The molecule has 5 aromatic rings. The lowest BCUT2D eigenvalue weighted by Crippen LogP contribution is -2.46. The van der Waals surface area contributed by atoms with E-state index < -0.39 is 8.07 Å². The van der Waals surface area contributed by atoms with E-state index in [0.717, 1.165) is 26.9 Å². The Morgan fingerprint density at radius 1 is 0.875 bits per heavy atom. The molecule has 1 aliphatic carbocycles. The number of nitrogens with zero attached hydrogens (tertiary/aromatic N) is 2. The lowest BCUT2D eigenvalue weighted by atomic mass is 9.60. The first-order valence-electron chi connectivity index (χ1n) is 15.7. The summed E-state index contributed by atoms with van der Waals surface area (Å²) in [6, 6.07) is 24.3. The van der Waals surface area contributed by atoms with E-state index in [4.69, 9.17) is 11.3 Å². The third-order valence-corrected chi connectivity index (χ3v) is 16.8. The molecule has 0 amide bonds. The Bertz CT molecular complexity index is 1740. The van der Waals surface area contributed by atoms with Crippen LogP contribution in [0.15, 0.2) is 60.9 Å². The molecule has 40 heavy (non-hydrogen) atoms. The van der Waals surface area contributed by atoms with E-state index in [1.807, 2.05) is 11.3 Å². The summed E-state index contributed by atoms with van der Waals surface area (Å²) in [5.74, 6) is 0.568. The lowest BCUT2D eigenvalue weighted by Gasteiger charge is -2.45. The Balaban J connectivity index is 1.54. The van der Waals surface area contributed by atoms with Gasteiger partial charge in [0.2, 0.25) is 0 Å². The van der Waals surface area contributed by atoms with Crippen LogP contribution in [0.2, 0.25) is 18.1 Å². The fraction of sp³-hybridized carbons (Fsp3) is 0.444. The van der Waals surface area contributed by atoms with Gasteiger partial charge in [0.1, 0.15) is 7.67 Å². The highest BCUT2D eigenvalue weighted by atomic mass is 32.1. The monoisotopic (exact) mass is 565 g/mol. The molecule has 208 valence electrons. The maximum atomic E-state index is 8.61. The third-order valence-electron chi connectivity index (χ3n) is 9.99. The molecule has 2 heterocycles. The van der Waals surface area contributed by atoms with E-state index in [1.54, 1.807) is 5.19 Å². The van der Waals surface area contributed by atoms with Gasteiger partial charge in [-0.05, 0) is 64.5 Å². The molecule has 2 nitrogen and oxygen atoms in total. The summed E-state index contributed by atoms with van der Waals surface area (Å²) >= 11 is 1.81. The fourth-order valence-electron chi connectivity index (χ4n) is 8.29. The van der Waals surface area contributed by atoms with E-state index in [-0.39, 0.29) is 6.30 Å². The Morgan fingerprint density at radius 2 is 1.57 bits per heavy atom. The van der Waals surface area contributed by atoms with Gasteiger partial charge in [-0.15, -0.1) is 11.3 Å². The molecule has 3 aromatic carbocycles. The van der Waals surface area contributed by atoms with E-state index in [1.165, 1.54) is 58.4 Å². The summed E-state index contributed by atoms with van der Waals surface area (Å²) in [4.78, 5) is 9.50. The molecular formula is C36H44N2SSi. The quantitative estimate of drug-likeness (QED) is 0.191. The molecule has 2 aromatic heterocycles. The second kappa shape index (κ2) is 10.1. The van der Waals surface area contributed by atoms with Crippen molar-refractivity contribution in [3.05, 3.63) is 66.5 Å². The van der Waals surface area contributed by atoms with Gasteiger partial charge in [0.25, 0.3) is 0 Å². The number of hydrogen-bond acceptors (Lipinski definition) is 3. The van der Waals surface area contributed by atoms with Crippen molar-refractivity contribution in [2.45, 2.75) is 91.8 Å². The molecule has 0 aliphatic heterocycles. The highest BCUT2D eigenvalue weighted by Gasteiger charge is 2.39. The first-order valence-corrected chi connectivity index (χ1v) is 18.7. The maximum absolute atomic E-state index is 8.61. The number of aromatic nitrogens is 2. The van der Waals surface area contributed by atoms with Crippen LogP contribution in [-0.2, 0) is 0 Å². The van der Waals surface area contributed by atoms with Gasteiger partial charge in [-0.3, -0.25) is 0 Å². The van der Waals surface area contributed by atoms with E-state index in [2.05, 4.69) is 103 Å². The largest absolute Gasteiger partial charge is 0.235 e. The van der Waals surface area contributed by atoms with Crippen molar-refractivity contribution in [3.8, 4) is 11.3 Å². The van der Waals surface area contributed by atoms with Gasteiger partial charge < -0.3 is 0 Å². The predicted octanol–water partition coefficient (Wildman–Crippen LogP) is 10.7. The van der Waals surface area contributed by atoms with Gasteiger partial charge in [-0.2, -0.15) is 0 Å². The highest BCUT2D eigenvalue weighted by molar-refractivity contribution is 7.26. The normalized spacial score (nSPS) is 18.0. The van der Waals surface area contributed by atoms with Crippen LogP contribution < -0.4 is 5.19 Å². The highest BCUT2D eigenvalue weighted by Crippen LogP contribution is 2.52. The average Bonchev–Trinajstić information content (AvgIpc) is 3.29. The third kappa shape index (κ3) is 4.71. The summed E-state index contributed by atoms with van der Waals surface area (Å²) < 4.78 is 11.0. The fourth-order valence-corrected chi connectivity index (χ4v) is 13.4. The standard InChI is InChI=1S/C36H44N2SSi/c1-8-40(9-2,10-3)31-19-26(17-25-13-11-12-14-28(25)31)32-34-33(38-23-37-32)29-16-15-24(18-30(29)39-34)27-20-35(4,5)22-36(6,7)21-27/h11-19,23,27H,8-10,20-22H2,1-7H3/i23D. The summed E-state index contributed by atoms with van der Waals surface area (Å²) in [5.41, 5.74) is 5.12. The molecule has 1 saturated carbocycles. The molecule has 1 fully saturated rings. The van der Waals surface area contributed by atoms with Crippen molar-refractivity contribution in [2.75, 3.05) is 0 Å². The maximum Gasteiger partial charge on any atom is 0.116 e. The van der Waals surface area contributed by atoms with Crippen molar-refractivity contribution in [1.82, 2.24) is 9.97 Å². The number of hydrogen-bond donors (Lipinski definition) is 0.